The maximum Gasteiger partial charge on any atom is 0.233 e. The topological polar surface area (TPSA) is 59.1 Å². The third-order valence-corrected chi connectivity index (χ3v) is 6.27. The molecule has 4 nitrogen and oxygen atoms in total. The number of thiazole rings is 1. The third-order valence-electron chi connectivity index (χ3n) is 4.13. The van der Waals surface area contributed by atoms with E-state index in [0.29, 0.717) is 0 Å². The first-order chi connectivity index (χ1) is 13.0. The Morgan fingerprint density at radius 2 is 1.85 bits per heavy atom. The summed E-state index contributed by atoms with van der Waals surface area (Å²) in [6, 6.07) is 17.8. The van der Waals surface area contributed by atoms with Crippen molar-refractivity contribution >= 4 is 28.0 Å². The van der Waals surface area contributed by atoms with Gasteiger partial charge in [-0.15, -0.1) is 11.3 Å². The van der Waals surface area contributed by atoms with E-state index in [1.807, 2.05) is 73.8 Å². The smallest absolute Gasteiger partial charge is 0.233 e. The van der Waals surface area contributed by atoms with Crippen LogP contribution in [-0.4, -0.2) is 20.9 Å². The lowest BCUT2D eigenvalue weighted by Crippen LogP contribution is -2.31. The van der Waals surface area contributed by atoms with Gasteiger partial charge in [-0.25, -0.2) is 4.98 Å². The zero-order chi connectivity index (χ0) is 19.2. The Labute approximate surface area is 166 Å². The fourth-order valence-corrected chi connectivity index (χ4v) is 4.56. The second-order valence-corrected chi connectivity index (χ2v) is 8.75. The monoisotopic (exact) mass is 398 g/mol. The van der Waals surface area contributed by atoms with Crippen molar-refractivity contribution in [1.29, 1.82) is 0 Å². The molecule has 1 heterocycles. The summed E-state index contributed by atoms with van der Waals surface area (Å²) < 4.78 is 12.3. The number of aromatic nitrogens is 1. The van der Waals surface area contributed by atoms with E-state index in [1.54, 1.807) is 0 Å². The molecule has 0 aliphatic carbocycles. The number of hydrogen-bond acceptors (Lipinski definition) is 4. The van der Waals surface area contributed by atoms with E-state index in [0.717, 1.165) is 21.8 Å². The van der Waals surface area contributed by atoms with Crippen LogP contribution in [0.2, 0.25) is 0 Å². The van der Waals surface area contributed by atoms with Gasteiger partial charge in [0, 0.05) is 21.7 Å². The van der Waals surface area contributed by atoms with E-state index in [9.17, 15) is 9.00 Å². The number of carbonyl (C=O) groups excluding carboxylic acids is 1. The lowest BCUT2D eigenvalue weighted by molar-refractivity contribution is -0.119. The Kier molecular flexibility index (Phi) is 6.53. The van der Waals surface area contributed by atoms with E-state index < -0.39 is 10.8 Å². The molecule has 1 aromatic heterocycles. The van der Waals surface area contributed by atoms with Crippen molar-refractivity contribution in [2.24, 2.45) is 0 Å². The summed E-state index contributed by atoms with van der Waals surface area (Å²) in [5, 5.41) is 5.72. The van der Waals surface area contributed by atoms with Gasteiger partial charge in [-0.05, 0) is 19.4 Å². The summed E-state index contributed by atoms with van der Waals surface area (Å²) in [4.78, 5) is 16.7. The van der Waals surface area contributed by atoms with E-state index in [4.69, 9.17) is 0 Å². The molecule has 27 heavy (non-hydrogen) atoms. The first-order valence-electron chi connectivity index (χ1n) is 8.72. The van der Waals surface area contributed by atoms with Gasteiger partial charge in [0.2, 0.25) is 5.91 Å². The molecule has 0 fully saturated rings. The zero-order valence-corrected chi connectivity index (χ0v) is 17.0. The number of benzene rings is 2. The second-order valence-electron chi connectivity index (χ2n) is 6.44. The van der Waals surface area contributed by atoms with Crippen molar-refractivity contribution in [3.8, 4) is 10.6 Å². The van der Waals surface area contributed by atoms with Crippen LogP contribution in [0.15, 0.2) is 60.0 Å². The van der Waals surface area contributed by atoms with Gasteiger partial charge in [-0.3, -0.25) is 9.00 Å². The molecule has 2 aromatic carbocycles. The predicted molar refractivity (Wildman–Crippen MR) is 112 cm³/mol. The molecule has 0 saturated heterocycles. The summed E-state index contributed by atoms with van der Waals surface area (Å²) in [5.41, 5.74) is 4.04. The molecule has 0 bridgehead atoms. The van der Waals surface area contributed by atoms with Gasteiger partial charge < -0.3 is 5.32 Å². The summed E-state index contributed by atoms with van der Waals surface area (Å²) in [5.74, 6) is 0.0584. The number of hydrogen-bond donors (Lipinski definition) is 1. The maximum absolute atomic E-state index is 12.3. The van der Waals surface area contributed by atoms with E-state index in [-0.39, 0.29) is 23.5 Å². The van der Waals surface area contributed by atoms with Crippen LogP contribution in [0.3, 0.4) is 0 Å². The lowest BCUT2D eigenvalue weighted by Gasteiger charge is -2.13. The Morgan fingerprint density at radius 1 is 1.15 bits per heavy atom. The number of rotatable bonds is 7. The minimum Gasteiger partial charge on any atom is -0.349 e. The number of nitrogens with one attached hydrogen (secondary N) is 1. The molecule has 1 amide bonds. The minimum atomic E-state index is -1.29. The van der Waals surface area contributed by atoms with Crippen LogP contribution in [-0.2, 0) is 21.3 Å². The number of aryl methyl sites for hydroxylation is 1. The van der Waals surface area contributed by atoms with Crippen LogP contribution in [0.5, 0.6) is 0 Å². The molecule has 3 rings (SSSR count). The van der Waals surface area contributed by atoms with Gasteiger partial charge >= 0.3 is 0 Å². The first kappa shape index (κ1) is 19.5. The molecule has 0 aliphatic heterocycles. The molecular weight excluding hydrogens is 376 g/mol. The molecule has 0 radical (unpaired) electrons. The van der Waals surface area contributed by atoms with Crippen molar-refractivity contribution in [3.05, 3.63) is 76.8 Å². The van der Waals surface area contributed by atoms with Gasteiger partial charge in [0.15, 0.2) is 0 Å². The van der Waals surface area contributed by atoms with E-state index >= 15 is 0 Å². The molecule has 0 spiro atoms. The lowest BCUT2D eigenvalue weighted by atomic mass is 10.1. The summed E-state index contributed by atoms with van der Waals surface area (Å²) in [6.45, 7) is 3.97. The van der Waals surface area contributed by atoms with Crippen LogP contribution >= 0.6 is 11.3 Å². The van der Waals surface area contributed by atoms with Crippen molar-refractivity contribution in [2.75, 3.05) is 5.75 Å². The molecule has 3 aromatic rings. The molecule has 6 heteroatoms. The molecule has 2 atom stereocenters. The molecule has 0 aliphatic rings. The molecule has 140 valence electrons. The highest BCUT2D eigenvalue weighted by Crippen LogP contribution is 2.24. The highest BCUT2D eigenvalue weighted by atomic mass is 32.2. The van der Waals surface area contributed by atoms with Crippen LogP contribution in [0.25, 0.3) is 10.6 Å². The SMILES string of the molecule is Cc1ccc(-c2nc(C[S@@](=O)CC(=O)N[C@@H](C)c3ccccc3)cs2)cc1. The molecule has 1 N–H and O–H groups in total. The average molecular weight is 399 g/mol. The highest BCUT2D eigenvalue weighted by Gasteiger charge is 2.14. The average Bonchev–Trinajstić information content (AvgIpc) is 3.11. The van der Waals surface area contributed by atoms with Crippen molar-refractivity contribution in [1.82, 2.24) is 10.3 Å². The van der Waals surface area contributed by atoms with Gasteiger partial charge in [-0.1, -0.05) is 60.2 Å². The fraction of sp³-hybridized carbons (Fsp3) is 0.238. The summed E-state index contributed by atoms with van der Waals surface area (Å²) in [7, 11) is -1.29. The summed E-state index contributed by atoms with van der Waals surface area (Å²) in [6.07, 6.45) is 0. The van der Waals surface area contributed by atoms with Crippen molar-refractivity contribution in [3.63, 3.8) is 0 Å². The Balaban J connectivity index is 1.53. The predicted octanol–water partition coefficient (Wildman–Crippen LogP) is 4.24. The molecule has 0 unspecified atom stereocenters. The first-order valence-corrected chi connectivity index (χ1v) is 11.1. The zero-order valence-electron chi connectivity index (χ0n) is 15.3. The van der Waals surface area contributed by atoms with Gasteiger partial charge in [0.1, 0.15) is 10.8 Å². The highest BCUT2D eigenvalue weighted by molar-refractivity contribution is 7.84. The van der Waals surface area contributed by atoms with Gasteiger partial charge in [0.25, 0.3) is 0 Å². The third kappa shape index (κ3) is 5.58. The molecular formula is C21H22N2O2S2. The largest absolute Gasteiger partial charge is 0.349 e. The minimum absolute atomic E-state index is 0.0193. The van der Waals surface area contributed by atoms with Gasteiger partial charge in [-0.2, -0.15) is 0 Å². The Bertz CT molecular complexity index is 921. The number of amides is 1. The molecule has 0 saturated carbocycles. The fourth-order valence-electron chi connectivity index (χ4n) is 2.67. The van der Waals surface area contributed by atoms with Gasteiger partial charge in [0.05, 0.1) is 17.5 Å². The van der Waals surface area contributed by atoms with Crippen LogP contribution in [0.4, 0.5) is 0 Å². The Hall–Kier alpha value is -2.31. The normalized spacial score (nSPS) is 13.1. The van der Waals surface area contributed by atoms with Crippen LogP contribution in [0.1, 0.15) is 29.8 Å². The Morgan fingerprint density at radius 3 is 2.56 bits per heavy atom. The summed E-state index contributed by atoms with van der Waals surface area (Å²) >= 11 is 1.53. The number of carbonyl (C=O) groups is 1. The van der Waals surface area contributed by atoms with E-state index in [2.05, 4.69) is 10.3 Å². The van der Waals surface area contributed by atoms with Crippen molar-refractivity contribution in [2.45, 2.75) is 25.6 Å². The standard InChI is InChI=1S/C21H22N2O2S2/c1-15-8-10-18(11-9-15)21-23-19(12-26-21)13-27(25)14-20(24)22-16(2)17-6-4-3-5-7-17/h3-12,16H,13-14H2,1-2H3,(H,22,24)/t16-,27+/m0/s1. The van der Waals surface area contributed by atoms with E-state index in [1.165, 1.54) is 16.9 Å². The maximum atomic E-state index is 12.3. The second kappa shape index (κ2) is 9.06. The quantitative estimate of drug-likeness (QED) is 0.647. The van der Waals surface area contributed by atoms with Crippen LogP contribution in [0, 0.1) is 6.92 Å². The number of nitrogens with zero attached hydrogens (tertiary/aromatic N) is 1. The van der Waals surface area contributed by atoms with Crippen LogP contribution < -0.4 is 5.32 Å². The van der Waals surface area contributed by atoms with Crippen molar-refractivity contribution < 1.29 is 9.00 Å².